The van der Waals surface area contributed by atoms with Crippen LogP contribution in [0.25, 0.3) is 0 Å². The molecule has 1 heterocycles. The van der Waals surface area contributed by atoms with Crippen molar-refractivity contribution in [3.63, 3.8) is 0 Å². The second kappa shape index (κ2) is 5.97. The molecular formula is C15H13NO4. The van der Waals surface area contributed by atoms with Gasteiger partial charge >= 0.3 is 5.97 Å². The second-order valence-corrected chi connectivity index (χ2v) is 3.93. The van der Waals surface area contributed by atoms with Crippen LogP contribution >= 0.6 is 0 Å². The Hall–Kier alpha value is -2.69. The van der Waals surface area contributed by atoms with Crippen LogP contribution in [0.15, 0.2) is 42.6 Å². The first-order valence-corrected chi connectivity index (χ1v) is 5.90. The van der Waals surface area contributed by atoms with E-state index in [4.69, 9.17) is 4.74 Å². The molecule has 5 heteroatoms. The van der Waals surface area contributed by atoms with Gasteiger partial charge in [0.05, 0.1) is 25.3 Å². The fourth-order valence-electron chi connectivity index (χ4n) is 1.84. The van der Waals surface area contributed by atoms with Crippen molar-refractivity contribution in [1.82, 2.24) is 4.98 Å². The van der Waals surface area contributed by atoms with Gasteiger partial charge in [-0.2, -0.15) is 0 Å². The van der Waals surface area contributed by atoms with Crippen LogP contribution in [-0.2, 0) is 4.74 Å². The van der Waals surface area contributed by atoms with Crippen molar-refractivity contribution in [3.05, 3.63) is 59.3 Å². The van der Waals surface area contributed by atoms with Crippen molar-refractivity contribution >= 4 is 11.8 Å². The average molecular weight is 271 g/mol. The lowest BCUT2D eigenvalue weighted by molar-refractivity contribution is 0.0597. The van der Waals surface area contributed by atoms with Crippen LogP contribution < -0.4 is 4.74 Å². The van der Waals surface area contributed by atoms with Crippen LogP contribution in [0.2, 0.25) is 0 Å². The Labute approximate surface area is 116 Å². The van der Waals surface area contributed by atoms with Gasteiger partial charge in [0.2, 0.25) is 5.88 Å². The minimum absolute atomic E-state index is 0.214. The molecule has 0 atom stereocenters. The third-order valence-electron chi connectivity index (χ3n) is 2.79. The van der Waals surface area contributed by atoms with E-state index in [1.165, 1.54) is 20.4 Å². The number of methoxy groups -OCH3 is 2. The van der Waals surface area contributed by atoms with Gasteiger partial charge < -0.3 is 9.47 Å². The normalized spacial score (nSPS) is 9.90. The Morgan fingerprint density at radius 1 is 0.950 bits per heavy atom. The molecule has 0 fully saturated rings. The van der Waals surface area contributed by atoms with Gasteiger partial charge in [0.15, 0.2) is 5.78 Å². The number of carbonyl (C=O) groups is 2. The average Bonchev–Trinajstić information content (AvgIpc) is 2.53. The fourth-order valence-corrected chi connectivity index (χ4v) is 1.84. The summed E-state index contributed by atoms with van der Waals surface area (Å²) in [6.45, 7) is 0. The Kier molecular flexibility index (Phi) is 4.10. The van der Waals surface area contributed by atoms with Gasteiger partial charge in [-0.15, -0.1) is 0 Å². The van der Waals surface area contributed by atoms with Crippen molar-refractivity contribution < 1.29 is 19.1 Å². The smallest absolute Gasteiger partial charge is 0.338 e. The molecule has 5 nitrogen and oxygen atoms in total. The number of pyridine rings is 1. The van der Waals surface area contributed by atoms with E-state index in [0.717, 1.165) is 0 Å². The van der Waals surface area contributed by atoms with Gasteiger partial charge in [0, 0.05) is 11.8 Å². The third-order valence-corrected chi connectivity index (χ3v) is 2.79. The summed E-state index contributed by atoms with van der Waals surface area (Å²) in [6.07, 6.45) is 1.53. The summed E-state index contributed by atoms with van der Waals surface area (Å²) in [6, 6.07) is 9.70. The van der Waals surface area contributed by atoms with Crippen molar-refractivity contribution in [2.75, 3.05) is 14.2 Å². The highest BCUT2D eigenvalue weighted by atomic mass is 16.5. The van der Waals surface area contributed by atoms with E-state index in [2.05, 4.69) is 9.72 Å². The zero-order valence-electron chi connectivity index (χ0n) is 11.1. The largest absolute Gasteiger partial charge is 0.480 e. The Morgan fingerprint density at radius 3 is 2.25 bits per heavy atom. The Bertz CT molecular complexity index is 652. The van der Waals surface area contributed by atoms with Crippen molar-refractivity contribution in [2.24, 2.45) is 0 Å². The molecule has 0 saturated carbocycles. The van der Waals surface area contributed by atoms with E-state index in [1.54, 1.807) is 36.4 Å². The number of rotatable bonds is 4. The second-order valence-electron chi connectivity index (χ2n) is 3.93. The predicted octanol–water partition coefficient (Wildman–Crippen LogP) is 2.11. The summed E-state index contributed by atoms with van der Waals surface area (Å²) in [4.78, 5) is 28.2. The van der Waals surface area contributed by atoms with Crippen LogP contribution in [0.3, 0.4) is 0 Å². The highest BCUT2D eigenvalue weighted by Gasteiger charge is 2.21. The molecule has 0 aliphatic carbocycles. The molecule has 102 valence electrons. The lowest BCUT2D eigenvalue weighted by Crippen LogP contribution is -2.12. The van der Waals surface area contributed by atoms with Crippen LogP contribution in [0.1, 0.15) is 26.3 Å². The lowest BCUT2D eigenvalue weighted by atomic mass is 9.99. The molecule has 0 N–H and O–H groups in total. The molecule has 0 amide bonds. The minimum Gasteiger partial charge on any atom is -0.480 e. The number of aromatic nitrogens is 1. The fraction of sp³-hybridized carbons (Fsp3) is 0.133. The first-order chi connectivity index (χ1) is 9.69. The number of carbonyl (C=O) groups excluding carboxylic acids is 2. The maximum absolute atomic E-state index is 12.5. The highest BCUT2D eigenvalue weighted by molar-refractivity contribution is 6.15. The number of hydrogen-bond donors (Lipinski definition) is 0. The SMILES string of the molecule is COC(=O)c1ccccc1C(=O)c1cccnc1OC. The number of ketones is 1. The molecule has 0 aliphatic rings. The molecule has 0 radical (unpaired) electrons. The minimum atomic E-state index is -0.559. The molecule has 0 saturated heterocycles. The number of ether oxygens (including phenoxy) is 2. The molecule has 2 aromatic rings. The first kappa shape index (κ1) is 13.7. The Morgan fingerprint density at radius 2 is 1.60 bits per heavy atom. The van der Waals surface area contributed by atoms with Crippen LogP contribution in [0.4, 0.5) is 0 Å². The molecule has 2 rings (SSSR count). The van der Waals surface area contributed by atoms with E-state index in [-0.39, 0.29) is 22.8 Å². The summed E-state index contributed by atoms with van der Waals surface area (Å²) >= 11 is 0. The van der Waals surface area contributed by atoms with Gasteiger partial charge in [-0.3, -0.25) is 4.79 Å². The summed E-state index contributed by atoms with van der Waals surface area (Å²) in [5.41, 5.74) is 0.767. The summed E-state index contributed by atoms with van der Waals surface area (Å²) < 4.78 is 9.75. The molecule has 0 spiro atoms. The molecule has 1 aromatic heterocycles. The molecule has 0 bridgehead atoms. The predicted molar refractivity (Wildman–Crippen MR) is 72.0 cm³/mol. The van der Waals surface area contributed by atoms with Gasteiger partial charge in [-0.05, 0) is 18.2 Å². The zero-order chi connectivity index (χ0) is 14.5. The van der Waals surface area contributed by atoms with Gasteiger partial charge in [-0.25, -0.2) is 9.78 Å². The van der Waals surface area contributed by atoms with Gasteiger partial charge in [0.1, 0.15) is 0 Å². The topological polar surface area (TPSA) is 65.5 Å². The Balaban J connectivity index is 2.51. The molecule has 0 unspecified atom stereocenters. The maximum atomic E-state index is 12.5. The maximum Gasteiger partial charge on any atom is 0.338 e. The molecular weight excluding hydrogens is 258 g/mol. The highest BCUT2D eigenvalue weighted by Crippen LogP contribution is 2.21. The summed E-state index contributed by atoms with van der Waals surface area (Å²) in [7, 11) is 2.71. The van der Waals surface area contributed by atoms with Crippen molar-refractivity contribution in [1.29, 1.82) is 0 Å². The van der Waals surface area contributed by atoms with Crippen LogP contribution in [0.5, 0.6) is 5.88 Å². The quantitative estimate of drug-likeness (QED) is 0.629. The van der Waals surface area contributed by atoms with Gasteiger partial charge in [-0.1, -0.05) is 18.2 Å². The zero-order valence-corrected chi connectivity index (χ0v) is 11.1. The number of esters is 1. The number of benzene rings is 1. The molecule has 20 heavy (non-hydrogen) atoms. The molecule has 1 aromatic carbocycles. The van der Waals surface area contributed by atoms with E-state index in [1.807, 2.05) is 0 Å². The van der Waals surface area contributed by atoms with Crippen LogP contribution in [-0.4, -0.2) is 31.0 Å². The number of nitrogens with zero attached hydrogens (tertiary/aromatic N) is 1. The van der Waals surface area contributed by atoms with Crippen LogP contribution in [0, 0.1) is 0 Å². The first-order valence-electron chi connectivity index (χ1n) is 5.90. The monoisotopic (exact) mass is 271 g/mol. The standard InChI is InChI=1S/C15H13NO4/c1-19-14-12(8-5-9-16-14)13(17)10-6-3-4-7-11(10)15(18)20-2/h3-9H,1-2H3. The van der Waals surface area contributed by atoms with Crippen molar-refractivity contribution in [2.45, 2.75) is 0 Å². The van der Waals surface area contributed by atoms with Gasteiger partial charge in [0.25, 0.3) is 0 Å². The lowest BCUT2D eigenvalue weighted by Gasteiger charge is -2.09. The number of hydrogen-bond acceptors (Lipinski definition) is 5. The van der Waals surface area contributed by atoms with E-state index in [0.29, 0.717) is 5.56 Å². The van der Waals surface area contributed by atoms with E-state index < -0.39 is 5.97 Å². The third kappa shape index (κ3) is 2.51. The van der Waals surface area contributed by atoms with E-state index >= 15 is 0 Å². The van der Waals surface area contributed by atoms with E-state index in [9.17, 15) is 9.59 Å². The summed E-state index contributed by atoms with van der Waals surface area (Å²) in [5.74, 6) is -0.676. The molecule has 0 aliphatic heterocycles. The summed E-state index contributed by atoms with van der Waals surface area (Å²) in [5, 5.41) is 0. The van der Waals surface area contributed by atoms with Crippen molar-refractivity contribution in [3.8, 4) is 5.88 Å².